The smallest absolute Gasteiger partial charge is 0.197 e. The van der Waals surface area contributed by atoms with Crippen LogP contribution in [0.3, 0.4) is 0 Å². The number of phenolic OH excluding ortho intramolecular Hbond substituents is 4. The Labute approximate surface area is 721 Å². The minimum atomic E-state index is -0.527. The number of para-hydroxylation sites is 3. The Kier molecular flexibility index (Phi) is 57.7. The molecular weight excluding hydrogens is 1840 g/mol. The third-order valence-corrected chi connectivity index (χ3v) is 20.1. The first-order valence-corrected chi connectivity index (χ1v) is 41.0. The third kappa shape index (κ3) is 43.5. The van der Waals surface area contributed by atoms with E-state index in [1.165, 1.54) is 58.5 Å². The van der Waals surface area contributed by atoms with Crippen molar-refractivity contribution in [1.29, 1.82) is 0 Å². The second kappa shape index (κ2) is 61.1. The van der Waals surface area contributed by atoms with Crippen LogP contribution >= 0.6 is 0 Å². The van der Waals surface area contributed by atoms with E-state index in [2.05, 4.69) is 79.7 Å². The normalized spacial score (nSPS) is 19.8. The number of benzene rings is 6. The van der Waals surface area contributed by atoms with Gasteiger partial charge in [0.2, 0.25) is 0 Å². The van der Waals surface area contributed by atoms with Crippen LogP contribution in [0.4, 0.5) is 0 Å². The van der Waals surface area contributed by atoms with Crippen LogP contribution in [-0.2, 0) is 53.5 Å². The van der Waals surface area contributed by atoms with E-state index >= 15 is 0 Å². The molecule has 0 aromatic heterocycles. The summed E-state index contributed by atoms with van der Waals surface area (Å²) in [4.78, 5) is 0. The first-order chi connectivity index (χ1) is 52.5. The van der Waals surface area contributed by atoms with Gasteiger partial charge in [0.15, 0.2) is 48.2 Å². The molecule has 12 atom stereocenters. The first kappa shape index (κ1) is 105. The minimum absolute atomic E-state index is 0. The number of methoxy groups -OCH3 is 1. The molecule has 4 bridgehead atoms. The summed E-state index contributed by atoms with van der Waals surface area (Å²) in [5.41, 5.74) is 4.62. The number of phenols is 4. The van der Waals surface area contributed by atoms with Gasteiger partial charge in [-0.1, -0.05) is 198 Å². The van der Waals surface area contributed by atoms with Crippen molar-refractivity contribution in [3.05, 3.63) is 174 Å². The molecule has 16 nitrogen and oxygen atoms in total. The van der Waals surface area contributed by atoms with Crippen LogP contribution in [0, 0.1) is 126 Å². The SMILES string of the molecule is C1CC2C3CCC(C3)C2C1.C1CC2C3CCC(C3)C2C1.CC.CC.CC.CC(OCCOCCOCCOC(C)Oc1ccc(C(C)(C)C)cc1O)Oc1ccc(C(C)(C)C)cc1O.COC(C)OCCOCCOCCOC(C)Oc1ccccc1.Cc1ccc(C)cc1.Oc1ccccc1.Oc1ccccc1.[Pa].[Pa]. The summed E-state index contributed by atoms with van der Waals surface area (Å²) in [5.74, 6) is 12.0. The summed E-state index contributed by atoms with van der Waals surface area (Å²) in [5, 5.41) is 37.7. The van der Waals surface area contributed by atoms with Crippen molar-refractivity contribution in [2.45, 2.75) is 238 Å². The second-order valence-electron chi connectivity index (χ2n) is 30.0. The van der Waals surface area contributed by atoms with Gasteiger partial charge in [0.05, 0.1) is 79.3 Å². The van der Waals surface area contributed by atoms with Gasteiger partial charge in [-0.2, -0.15) is 0 Å². The van der Waals surface area contributed by atoms with E-state index in [-0.39, 0.29) is 99.5 Å². The molecule has 6 fully saturated rings. The number of ether oxygens (including phenoxy) is 12. The van der Waals surface area contributed by atoms with E-state index in [0.717, 1.165) is 16.9 Å². The summed E-state index contributed by atoms with van der Waals surface area (Å²) in [6.07, 6.45) is 17.5. The average molecular weight is 1980 g/mol. The molecule has 0 aliphatic heterocycles. The summed E-state index contributed by atoms with van der Waals surface area (Å²) >= 11 is 0. The molecule has 111 heavy (non-hydrogen) atoms. The van der Waals surface area contributed by atoms with Crippen LogP contribution in [0.1, 0.15) is 210 Å². The van der Waals surface area contributed by atoms with Crippen molar-refractivity contribution in [3.8, 4) is 40.2 Å². The molecule has 6 aliphatic carbocycles. The molecule has 4 N–H and O–H groups in total. The molecule has 12 unspecified atom stereocenters. The topological polar surface area (TPSA) is 192 Å². The Bertz CT molecular complexity index is 2970. The molecule has 0 heterocycles. The Morgan fingerprint density at radius 1 is 0.342 bits per heavy atom. The molecule has 6 aromatic rings. The van der Waals surface area contributed by atoms with E-state index in [0.29, 0.717) is 102 Å². The molecule has 2 radical (unpaired) electrons. The first-order valence-electron chi connectivity index (χ1n) is 41.0. The molecule has 620 valence electrons. The predicted molar refractivity (Wildman–Crippen MR) is 443 cm³/mol. The summed E-state index contributed by atoms with van der Waals surface area (Å²) in [7, 11) is 1.60. The van der Waals surface area contributed by atoms with Crippen LogP contribution in [-0.4, -0.2) is 132 Å². The van der Waals surface area contributed by atoms with Gasteiger partial charge in [-0.25, -0.2) is 0 Å². The largest absolute Gasteiger partial charge is 0.508 e. The molecule has 6 saturated carbocycles. The minimum Gasteiger partial charge on any atom is -0.508 e. The molecule has 12 rings (SSSR count). The number of hydrogen-bond acceptors (Lipinski definition) is 16. The number of fused-ring (bicyclic) bond motifs is 10. The van der Waals surface area contributed by atoms with Crippen LogP contribution in [0.2, 0.25) is 0 Å². The van der Waals surface area contributed by atoms with Gasteiger partial charge in [-0.3, -0.25) is 0 Å². The van der Waals surface area contributed by atoms with Crippen molar-refractivity contribution >= 4 is 0 Å². The zero-order chi connectivity index (χ0) is 80.4. The summed E-state index contributed by atoms with van der Waals surface area (Å²) < 4.78 is 65.7. The molecular formula is C93H146O16Pa2. The number of hydrogen-bond donors (Lipinski definition) is 4. The van der Waals surface area contributed by atoms with Gasteiger partial charge in [-0.05, 0) is 236 Å². The van der Waals surface area contributed by atoms with Gasteiger partial charge in [0, 0.05) is 71.7 Å². The van der Waals surface area contributed by atoms with Crippen molar-refractivity contribution in [1.82, 2.24) is 0 Å². The van der Waals surface area contributed by atoms with E-state index in [1.807, 2.05) is 110 Å². The fourth-order valence-electron chi connectivity index (χ4n) is 14.7. The van der Waals surface area contributed by atoms with Gasteiger partial charge >= 0.3 is 0 Å². The van der Waals surface area contributed by atoms with Crippen molar-refractivity contribution < 1.29 is 142 Å². The molecule has 0 saturated heterocycles. The molecule has 6 aromatic carbocycles. The predicted octanol–water partition coefficient (Wildman–Crippen LogP) is 22.2. The van der Waals surface area contributed by atoms with Crippen LogP contribution in [0.15, 0.2) is 152 Å². The van der Waals surface area contributed by atoms with Crippen molar-refractivity contribution in [3.63, 3.8) is 0 Å². The summed E-state index contributed by atoms with van der Waals surface area (Å²) in [6.45, 7) is 41.4. The quantitative estimate of drug-likeness (QED) is 0.0256. The molecule has 18 heteroatoms. The maximum absolute atomic E-state index is 10.2. The van der Waals surface area contributed by atoms with E-state index in [1.54, 1.807) is 171 Å². The Morgan fingerprint density at radius 3 is 0.874 bits per heavy atom. The van der Waals surface area contributed by atoms with E-state index in [9.17, 15) is 10.2 Å². The molecule has 6 aliphatic rings. The van der Waals surface area contributed by atoms with Crippen LogP contribution in [0.5, 0.6) is 40.2 Å². The average Bonchev–Trinajstić information content (AvgIpc) is 1.63. The zero-order valence-electron chi connectivity index (χ0n) is 71.7. The van der Waals surface area contributed by atoms with Crippen LogP contribution < -0.4 is 14.2 Å². The van der Waals surface area contributed by atoms with Gasteiger partial charge < -0.3 is 77.3 Å². The maximum Gasteiger partial charge on any atom is 0.197 e. The third-order valence-electron chi connectivity index (χ3n) is 20.1. The zero-order valence-corrected chi connectivity index (χ0v) is 81.3. The maximum atomic E-state index is 10.2. The van der Waals surface area contributed by atoms with Crippen molar-refractivity contribution in [2.24, 2.45) is 47.3 Å². The van der Waals surface area contributed by atoms with Gasteiger partial charge in [0.25, 0.3) is 0 Å². The Balaban J connectivity index is 0.000000707. The van der Waals surface area contributed by atoms with Crippen molar-refractivity contribution in [2.75, 3.05) is 86.4 Å². The fourth-order valence-corrected chi connectivity index (χ4v) is 14.7. The van der Waals surface area contributed by atoms with E-state index in [4.69, 9.17) is 67.1 Å². The summed E-state index contributed by atoms with van der Waals surface area (Å²) in [6, 6.07) is 46.3. The van der Waals surface area contributed by atoms with Crippen LogP contribution in [0.25, 0.3) is 0 Å². The molecule has 0 spiro atoms. The molecule has 0 amide bonds. The Morgan fingerprint density at radius 2 is 0.613 bits per heavy atom. The number of aryl methyl sites for hydroxylation is 2. The second-order valence-corrected chi connectivity index (χ2v) is 30.0. The van der Waals surface area contributed by atoms with E-state index < -0.39 is 12.6 Å². The standard InChI is InChI=1S/C30H46O8.C17H28O6.2C10H16.C8H10.2C6H6O.3C2H6.2Pa/c1-21(37-27-11-9-23(19-25(27)31)29(3,4)5)35-17-15-33-13-14-34-16-18-36-22(2)38-28-12-10-24(20-26(28)32)30(6,7)8;1-15(18-3)21-13-11-19-9-10-20-12-14-22-16(2)23-17-7-5-4-6-8-17;2*1-2-9-7-4-5-8(6-7)10(9)3-1;1-7-3-5-8(2)6-4-7;2*7-6-4-2-1-3-5-6;3*1-2;;/h9-12,19-22,31-32H,13-18H2,1-8H3;4-8,15-16H,9-14H2,1-3H3;2*7-10H,1-6H2;3-6H,1-2H3;2*1-5,7H;3*1-2H3;;. The Hall–Kier alpha value is -4.26. The van der Waals surface area contributed by atoms with Gasteiger partial charge in [-0.15, -0.1) is 0 Å². The fraction of sp³-hybridized carbons (Fsp3) is 0.613. The monoisotopic (exact) mass is 1980 g/mol. The number of rotatable bonds is 29. The van der Waals surface area contributed by atoms with Gasteiger partial charge in [0.1, 0.15) is 17.2 Å². The number of aromatic hydroxyl groups is 4.